The Kier molecular flexibility index (Phi) is 6.58. The molecule has 0 saturated carbocycles. The Labute approximate surface area is 230 Å². The molecule has 14 heteroatoms. The standard InChI is InChI=1S/C26H21ClF2N8O3/c1-40-22(39)10-17-24(28)15(6-7-30-17)18-11-31-26(33-18)20-4-2-14-8-13(9-21(38)37(14)20)23-19(36-12-32-34-35-36)5-3-16(27)25(23)29/h3,5-7,9,11-12,14,20H,2,4,8,10H2,1H3,(H,31,33)/t14?,20-/m0/s1. The smallest absolute Gasteiger partial charge is 0.311 e. The van der Waals surface area contributed by atoms with E-state index in [9.17, 15) is 9.59 Å². The van der Waals surface area contributed by atoms with Crippen LogP contribution in [-0.4, -0.2) is 65.1 Å². The number of pyridine rings is 1. The summed E-state index contributed by atoms with van der Waals surface area (Å²) in [6.45, 7) is 0. The molecule has 0 bridgehead atoms. The molecule has 40 heavy (non-hydrogen) atoms. The zero-order chi connectivity index (χ0) is 28.0. The van der Waals surface area contributed by atoms with Gasteiger partial charge in [-0.2, -0.15) is 4.68 Å². The number of hydrogen-bond donors (Lipinski definition) is 1. The van der Waals surface area contributed by atoms with Crippen molar-refractivity contribution in [3.05, 3.63) is 76.7 Å². The number of aromatic nitrogens is 7. The summed E-state index contributed by atoms with van der Waals surface area (Å²) in [6, 6.07) is 3.90. The molecule has 11 nitrogen and oxygen atoms in total. The van der Waals surface area contributed by atoms with Crippen LogP contribution < -0.4 is 0 Å². The van der Waals surface area contributed by atoms with Gasteiger partial charge in [0.25, 0.3) is 0 Å². The van der Waals surface area contributed by atoms with Crippen molar-refractivity contribution in [1.82, 2.24) is 40.1 Å². The maximum absolute atomic E-state index is 15.3. The summed E-state index contributed by atoms with van der Waals surface area (Å²) in [6.07, 6.45) is 6.98. The van der Waals surface area contributed by atoms with E-state index in [0.717, 1.165) is 0 Å². The lowest BCUT2D eigenvalue weighted by Crippen LogP contribution is -2.39. The summed E-state index contributed by atoms with van der Waals surface area (Å²) < 4.78 is 36.4. The lowest BCUT2D eigenvalue weighted by atomic mass is 9.92. The number of esters is 1. The van der Waals surface area contributed by atoms with Crippen molar-refractivity contribution >= 4 is 29.1 Å². The van der Waals surface area contributed by atoms with Crippen LogP contribution in [0.2, 0.25) is 5.02 Å². The Hall–Kier alpha value is -4.52. The lowest BCUT2D eigenvalue weighted by molar-refractivity contribution is -0.140. The Morgan fingerprint density at radius 1 is 1.20 bits per heavy atom. The largest absolute Gasteiger partial charge is 0.469 e. The number of tetrazole rings is 1. The number of rotatable bonds is 6. The Balaban J connectivity index is 1.29. The minimum atomic E-state index is -0.657. The second-order valence-corrected chi connectivity index (χ2v) is 9.84. The van der Waals surface area contributed by atoms with E-state index in [2.05, 4.69) is 35.2 Å². The quantitative estimate of drug-likeness (QED) is 0.350. The fourth-order valence-electron chi connectivity index (χ4n) is 5.37. The molecule has 4 aromatic rings. The molecule has 1 N–H and O–H groups in total. The van der Waals surface area contributed by atoms with Gasteiger partial charge in [-0.1, -0.05) is 11.6 Å². The van der Waals surface area contributed by atoms with Gasteiger partial charge in [-0.15, -0.1) is 5.10 Å². The number of fused-ring (bicyclic) bond motifs is 1. The number of imidazole rings is 1. The molecule has 1 amide bonds. The highest BCUT2D eigenvalue weighted by Gasteiger charge is 2.42. The SMILES string of the molecule is COC(=O)Cc1nccc(-c2cnc([C@@H]3CCC4CC(c5c(-n6cnnn6)ccc(Cl)c5F)=CC(=O)N43)[nH]2)c1F. The van der Waals surface area contributed by atoms with Crippen molar-refractivity contribution in [2.24, 2.45) is 0 Å². The van der Waals surface area contributed by atoms with E-state index in [1.807, 2.05) is 0 Å². The second kappa shape index (κ2) is 10.2. The molecule has 6 rings (SSSR count). The molecule has 3 aromatic heterocycles. The number of benzene rings is 1. The Bertz CT molecular complexity index is 1660. The van der Waals surface area contributed by atoms with E-state index >= 15 is 8.78 Å². The van der Waals surface area contributed by atoms with Gasteiger partial charge in [-0.3, -0.25) is 14.6 Å². The fourth-order valence-corrected chi connectivity index (χ4v) is 5.53. The Morgan fingerprint density at radius 2 is 2.05 bits per heavy atom. The van der Waals surface area contributed by atoms with Gasteiger partial charge < -0.3 is 14.6 Å². The van der Waals surface area contributed by atoms with Gasteiger partial charge >= 0.3 is 5.97 Å². The van der Waals surface area contributed by atoms with Gasteiger partial charge in [0, 0.05) is 29.4 Å². The molecule has 0 spiro atoms. The maximum Gasteiger partial charge on any atom is 0.311 e. The van der Waals surface area contributed by atoms with Crippen LogP contribution in [0.25, 0.3) is 22.5 Å². The molecule has 1 aromatic carbocycles. The van der Waals surface area contributed by atoms with Crippen molar-refractivity contribution in [2.45, 2.75) is 37.8 Å². The van der Waals surface area contributed by atoms with Crippen LogP contribution in [0.15, 0.2) is 43.0 Å². The third-order valence-corrected chi connectivity index (χ3v) is 7.49. The molecule has 0 radical (unpaired) electrons. The molecule has 0 aliphatic carbocycles. The number of methoxy groups -OCH3 is 1. The number of carbonyl (C=O) groups is 2. The van der Waals surface area contributed by atoms with Crippen molar-refractivity contribution < 1.29 is 23.1 Å². The topological polar surface area (TPSA) is 132 Å². The maximum atomic E-state index is 15.3. The first-order chi connectivity index (χ1) is 19.4. The zero-order valence-corrected chi connectivity index (χ0v) is 21.8. The highest BCUT2D eigenvalue weighted by molar-refractivity contribution is 6.31. The lowest BCUT2D eigenvalue weighted by Gasteiger charge is -2.33. The molecule has 2 atom stereocenters. The van der Waals surface area contributed by atoms with Gasteiger partial charge in [0.15, 0.2) is 11.6 Å². The van der Waals surface area contributed by atoms with E-state index in [1.54, 1.807) is 11.0 Å². The van der Waals surface area contributed by atoms with E-state index in [0.29, 0.717) is 42.0 Å². The molecule has 2 aliphatic rings. The second-order valence-electron chi connectivity index (χ2n) is 9.43. The number of aromatic amines is 1. The first-order valence-electron chi connectivity index (χ1n) is 12.4. The minimum absolute atomic E-state index is 0.0420. The molecule has 2 aliphatic heterocycles. The molecular formula is C26H21ClF2N8O3. The van der Waals surface area contributed by atoms with Crippen LogP contribution in [0.4, 0.5) is 8.78 Å². The fraction of sp³-hybridized carbons (Fsp3) is 0.269. The van der Waals surface area contributed by atoms with Gasteiger partial charge in [-0.05, 0) is 53.5 Å². The number of H-pyrrole nitrogens is 1. The summed E-state index contributed by atoms with van der Waals surface area (Å²) in [4.78, 5) is 38.3. The van der Waals surface area contributed by atoms with Crippen molar-refractivity contribution in [1.29, 1.82) is 0 Å². The van der Waals surface area contributed by atoms with Gasteiger partial charge in [-0.25, -0.2) is 13.8 Å². The van der Waals surface area contributed by atoms with E-state index < -0.39 is 17.6 Å². The van der Waals surface area contributed by atoms with Crippen molar-refractivity contribution in [2.75, 3.05) is 7.11 Å². The summed E-state index contributed by atoms with van der Waals surface area (Å²) in [5.41, 5.74) is 1.58. The van der Waals surface area contributed by atoms with E-state index in [-0.39, 0.29) is 46.3 Å². The van der Waals surface area contributed by atoms with Crippen LogP contribution >= 0.6 is 11.6 Å². The third-order valence-electron chi connectivity index (χ3n) is 7.20. The van der Waals surface area contributed by atoms with Crippen LogP contribution in [0.5, 0.6) is 0 Å². The number of ether oxygens (including phenoxy) is 1. The minimum Gasteiger partial charge on any atom is -0.469 e. The highest BCUT2D eigenvalue weighted by atomic mass is 35.5. The average molecular weight is 567 g/mol. The number of nitrogens with zero attached hydrogens (tertiary/aromatic N) is 7. The number of carbonyl (C=O) groups excluding carboxylic acids is 2. The van der Waals surface area contributed by atoms with Crippen LogP contribution in [0.3, 0.4) is 0 Å². The van der Waals surface area contributed by atoms with Gasteiger partial charge in [0.2, 0.25) is 5.91 Å². The summed E-state index contributed by atoms with van der Waals surface area (Å²) in [5.74, 6) is -1.72. The van der Waals surface area contributed by atoms with Gasteiger partial charge in [0.1, 0.15) is 12.2 Å². The Morgan fingerprint density at radius 3 is 2.83 bits per heavy atom. The molecule has 1 unspecified atom stereocenters. The number of amides is 1. The van der Waals surface area contributed by atoms with Crippen LogP contribution in [-0.2, 0) is 20.7 Å². The third kappa shape index (κ3) is 4.41. The normalized spacial score (nSPS) is 18.6. The number of nitrogens with one attached hydrogen (secondary N) is 1. The number of halogens is 3. The highest BCUT2D eigenvalue weighted by Crippen LogP contribution is 2.44. The summed E-state index contributed by atoms with van der Waals surface area (Å²) >= 11 is 6.10. The first kappa shape index (κ1) is 25.7. The van der Waals surface area contributed by atoms with Crippen molar-refractivity contribution in [3.63, 3.8) is 0 Å². The van der Waals surface area contributed by atoms with E-state index in [1.165, 1.54) is 48.7 Å². The predicted molar refractivity (Wildman–Crippen MR) is 137 cm³/mol. The van der Waals surface area contributed by atoms with Crippen LogP contribution in [0.1, 0.15) is 42.4 Å². The van der Waals surface area contributed by atoms with E-state index in [4.69, 9.17) is 11.6 Å². The summed E-state index contributed by atoms with van der Waals surface area (Å²) in [7, 11) is 1.22. The van der Waals surface area contributed by atoms with Crippen molar-refractivity contribution in [3.8, 4) is 16.9 Å². The molecule has 1 saturated heterocycles. The average Bonchev–Trinajstić information content (AvgIpc) is 3.72. The molecule has 204 valence electrons. The number of hydrogen-bond acceptors (Lipinski definition) is 8. The van der Waals surface area contributed by atoms with Crippen LogP contribution in [0, 0.1) is 11.6 Å². The molecule has 1 fully saturated rings. The van der Waals surface area contributed by atoms with Gasteiger partial charge in [0.05, 0.1) is 47.9 Å². The monoisotopic (exact) mass is 566 g/mol. The molecular weight excluding hydrogens is 546 g/mol. The molecule has 5 heterocycles. The summed E-state index contributed by atoms with van der Waals surface area (Å²) in [5, 5.41) is 11.0. The predicted octanol–water partition coefficient (Wildman–Crippen LogP) is 3.61. The zero-order valence-electron chi connectivity index (χ0n) is 21.0. The first-order valence-corrected chi connectivity index (χ1v) is 12.7.